The maximum atomic E-state index is 6.15. The van der Waals surface area contributed by atoms with Gasteiger partial charge in [0.1, 0.15) is 5.75 Å². The number of anilines is 1. The van der Waals surface area contributed by atoms with Crippen LogP contribution in [0.5, 0.6) is 11.6 Å². The van der Waals surface area contributed by atoms with Crippen LogP contribution < -0.4 is 14.8 Å². The zero-order valence-electron chi connectivity index (χ0n) is 15.9. The van der Waals surface area contributed by atoms with Crippen molar-refractivity contribution in [2.24, 2.45) is 0 Å². The van der Waals surface area contributed by atoms with Crippen LogP contribution in [0.1, 0.15) is 5.56 Å². The van der Waals surface area contributed by atoms with Gasteiger partial charge in [-0.05, 0) is 29.8 Å². The van der Waals surface area contributed by atoms with Gasteiger partial charge in [-0.3, -0.25) is 0 Å². The number of para-hydroxylation sites is 1. The van der Waals surface area contributed by atoms with Crippen molar-refractivity contribution >= 4 is 23.5 Å². The van der Waals surface area contributed by atoms with Gasteiger partial charge in [0.15, 0.2) is 11.9 Å². The van der Waals surface area contributed by atoms with E-state index in [0.717, 1.165) is 22.6 Å². The van der Waals surface area contributed by atoms with Crippen LogP contribution in [0.25, 0.3) is 17.3 Å². The van der Waals surface area contributed by atoms with Crippen molar-refractivity contribution in [1.82, 2.24) is 15.2 Å². The largest absolute Gasteiger partial charge is 0.497 e. The molecular weight excluding hydrogens is 384 g/mol. The van der Waals surface area contributed by atoms with Gasteiger partial charge >= 0.3 is 0 Å². The predicted molar refractivity (Wildman–Crippen MR) is 116 cm³/mol. The van der Waals surface area contributed by atoms with Gasteiger partial charge in [0.05, 0.1) is 7.11 Å². The lowest BCUT2D eigenvalue weighted by molar-refractivity contribution is 0.266. The lowest BCUT2D eigenvalue weighted by Crippen LogP contribution is -2.23. The van der Waals surface area contributed by atoms with Gasteiger partial charge in [0.25, 0.3) is 0 Å². The van der Waals surface area contributed by atoms with Gasteiger partial charge in [-0.1, -0.05) is 54.2 Å². The fourth-order valence-corrected chi connectivity index (χ4v) is 3.38. The highest BCUT2D eigenvalue weighted by Crippen LogP contribution is 2.36. The van der Waals surface area contributed by atoms with E-state index in [1.54, 1.807) is 13.2 Å². The third-order valence-electron chi connectivity index (χ3n) is 4.26. The van der Waals surface area contributed by atoms with Crippen molar-refractivity contribution < 1.29 is 9.47 Å². The number of methoxy groups -OCH3 is 1. The fourth-order valence-electron chi connectivity index (χ4n) is 2.86. The van der Waals surface area contributed by atoms with Crippen LogP contribution in [0.15, 0.2) is 72.4 Å². The van der Waals surface area contributed by atoms with Crippen LogP contribution in [-0.2, 0) is 0 Å². The molecule has 2 heterocycles. The standard InChI is InChI=1S/C22H20N4O2S/c1-3-14-29-22-24-21-20(25-26-22)17-6-4-5-7-18(17)23-19(28-21)13-10-15-8-11-16(27-2)12-9-15/h3-13,19,23H,1,14H2,2H3/b13-10+/t19-/m1/s1. The average molecular weight is 404 g/mol. The molecule has 6 nitrogen and oxygen atoms in total. The van der Waals surface area contributed by atoms with Gasteiger partial charge in [-0.25, -0.2) is 0 Å². The average Bonchev–Trinajstić information content (AvgIpc) is 2.92. The normalized spacial score (nSPS) is 14.9. The molecule has 1 aliphatic rings. The van der Waals surface area contributed by atoms with E-state index in [9.17, 15) is 0 Å². The molecule has 2 aromatic carbocycles. The minimum atomic E-state index is -0.409. The Balaban J connectivity index is 1.65. The van der Waals surface area contributed by atoms with Crippen molar-refractivity contribution in [3.05, 3.63) is 72.8 Å². The molecule has 0 bridgehead atoms. The van der Waals surface area contributed by atoms with Crippen LogP contribution in [0.3, 0.4) is 0 Å². The zero-order chi connectivity index (χ0) is 20.1. The number of hydrogen-bond acceptors (Lipinski definition) is 7. The molecular formula is C22H20N4O2S. The highest BCUT2D eigenvalue weighted by Gasteiger charge is 2.23. The molecule has 1 N–H and O–H groups in total. The van der Waals surface area contributed by atoms with Crippen LogP contribution >= 0.6 is 11.8 Å². The van der Waals surface area contributed by atoms with Gasteiger partial charge in [-0.15, -0.1) is 16.8 Å². The van der Waals surface area contributed by atoms with Crippen molar-refractivity contribution in [2.45, 2.75) is 11.4 Å². The molecule has 1 aliphatic heterocycles. The molecule has 0 saturated heterocycles. The Hall–Kier alpha value is -3.32. The summed E-state index contributed by atoms with van der Waals surface area (Å²) in [5.41, 5.74) is 3.48. The summed E-state index contributed by atoms with van der Waals surface area (Å²) >= 11 is 1.46. The Morgan fingerprint density at radius 3 is 2.79 bits per heavy atom. The molecule has 0 spiro atoms. The zero-order valence-corrected chi connectivity index (χ0v) is 16.7. The summed E-state index contributed by atoms with van der Waals surface area (Å²) in [6.45, 7) is 3.73. The molecule has 0 fully saturated rings. The lowest BCUT2D eigenvalue weighted by atomic mass is 10.1. The minimum Gasteiger partial charge on any atom is -0.497 e. The number of nitrogens with one attached hydrogen (secondary N) is 1. The summed E-state index contributed by atoms with van der Waals surface area (Å²) < 4.78 is 11.4. The van der Waals surface area contributed by atoms with E-state index >= 15 is 0 Å². The summed E-state index contributed by atoms with van der Waals surface area (Å²) in [7, 11) is 1.65. The molecule has 1 atom stereocenters. The summed E-state index contributed by atoms with van der Waals surface area (Å²) in [6.07, 6.45) is 5.34. The monoisotopic (exact) mass is 404 g/mol. The fraction of sp³-hybridized carbons (Fsp3) is 0.136. The maximum Gasteiger partial charge on any atom is 0.247 e. The van der Waals surface area contributed by atoms with E-state index in [1.807, 2.05) is 60.7 Å². The molecule has 0 unspecified atom stereocenters. The molecule has 7 heteroatoms. The lowest BCUT2D eigenvalue weighted by Gasteiger charge is -2.15. The van der Waals surface area contributed by atoms with Crippen LogP contribution in [0, 0.1) is 0 Å². The molecule has 3 aromatic rings. The van der Waals surface area contributed by atoms with Crippen molar-refractivity contribution in [1.29, 1.82) is 0 Å². The molecule has 0 aliphatic carbocycles. The number of benzene rings is 2. The van der Waals surface area contributed by atoms with Crippen molar-refractivity contribution in [2.75, 3.05) is 18.2 Å². The SMILES string of the molecule is C=CCSc1nnc2c(n1)O[C@H](/C=C/c1ccc(OC)cc1)Nc1ccccc1-2. The first-order chi connectivity index (χ1) is 14.3. The Labute approximate surface area is 173 Å². The second-order valence-corrected chi connectivity index (χ2v) is 7.20. The van der Waals surface area contributed by atoms with E-state index in [-0.39, 0.29) is 0 Å². The first-order valence-corrected chi connectivity index (χ1v) is 10.1. The molecule has 0 radical (unpaired) electrons. The summed E-state index contributed by atoms with van der Waals surface area (Å²) in [6, 6.07) is 15.7. The summed E-state index contributed by atoms with van der Waals surface area (Å²) in [5.74, 6) is 1.98. The number of hydrogen-bond donors (Lipinski definition) is 1. The van der Waals surface area contributed by atoms with Crippen LogP contribution in [0.2, 0.25) is 0 Å². The number of nitrogens with zero attached hydrogens (tertiary/aromatic N) is 3. The third-order valence-corrected chi connectivity index (χ3v) is 5.10. The Kier molecular flexibility index (Phi) is 5.76. The van der Waals surface area contributed by atoms with Gasteiger partial charge in [0, 0.05) is 17.0 Å². The molecule has 0 amide bonds. The molecule has 29 heavy (non-hydrogen) atoms. The van der Waals surface area contributed by atoms with E-state index in [2.05, 4.69) is 27.1 Å². The molecule has 146 valence electrons. The van der Waals surface area contributed by atoms with Crippen molar-refractivity contribution in [3.63, 3.8) is 0 Å². The molecule has 1 aromatic heterocycles. The van der Waals surface area contributed by atoms with Gasteiger partial charge in [0.2, 0.25) is 11.0 Å². The second-order valence-electron chi connectivity index (χ2n) is 6.21. The highest BCUT2D eigenvalue weighted by molar-refractivity contribution is 7.99. The topological polar surface area (TPSA) is 69.2 Å². The quantitative estimate of drug-likeness (QED) is 0.473. The summed E-state index contributed by atoms with van der Waals surface area (Å²) in [4.78, 5) is 4.57. The molecule has 0 saturated carbocycles. The van der Waals surface area contributed by atoms with E-state index < -0.39 is 6.23 Å². The third kappa shape index (κ3) is 4.41. The predicted octanol–water partition coefficient (Wildman–Crippen LogP) is 4.67. The minimum absolute atomic E-state index is 0.409. The van der Waals surface area contributed by atoms with Gasteiger partial charge in [-0.2, -0.15) is 4.98 Å². The Bertz CT molecular complexity index is 1040. The first-order valence-electron chi connectivity index (χ1n) is 9.10. The Morgan fingerprint density at radius 2 is 2.00 bits per heavy atom. The Morgan fingerprint density at radius 1 is 1.17 bits per heavy atom. The number of fused-ring (bicyclic) bond motifs is 3. The second kappa shape index (κ2) is 8.79. The summed E-state index contributed by atoms with van der Waals surface area (Å²) in [5, 5.41) is 12.5. The number of ether oxygens (including phenoxy) is 2. The number of thioether (sulfide) groups is 1. The number of rotatable bonds is 6. The van der Waals surface area contributed by atoms with E-state index in [0.29, 0.717) is 22.5 Å². The van der Waals surface area contributed by atoms with E-state index in [4.69, 9.17) is 9.47 Å². The van der Waals surface area contributed by atoms with Crippen molar-refractivity contribution in [3.8, 4) is 22.9 Å². The maximum absolute atomic E-state index is 6.15. The first kappa shape index (κ1) is 19.0. The molecule has 4 rings (SSSR count). The van der Waals surface area contributed by atoms with E-state index in [1.165, 1.54) is 11.8 Å². The van der Waals surface area contributed by atoms with Crippen LogP contribution in [0.4, 0.5) is 5.69 Å². The van der Waals surface area contributed by atoms with Gasteiger partial charge < -0.3 is 14.8 Å². The smallest absolute Gasteiger partial charge is 0.247 e. The van der Waals surface area contributed by atoms with Crippen LogP contribution in [-0.4, -0.2) is 34.3 Å². The number of aromatic nitrogens is 3. The highest BCUT2D eigenvalue weighted by atomic mass is 32.2.